The van der Waals surface area contributed by atoms with Crippen LogP contribution >= 0.6 is 0 Å². The summed E-state index contributed by atoms with van der Waals surface area (Å²) in [5.74, 6) is -1.13. The maximum Gasteiger partial charge on any atom is 0.311 e. The van der Waals surface area contributed by atoms with Crippen molar-refractivity contribution in [3.63, 3.8) is 0 Å². The third-order valence-corrected chi connectivity index (χ3v) is 3.27. The summed E-state index contributed by atoms with van der Waals surface area (Å²) in [6.07, 6.45) is 1.49. The Balaban J connectivity index is 2.29. The number of hydrogen-bond donors (Lipinski definition) is 3. The molecule has 0 bridgehead atoms. The first-order chi connectivity index (χ1) is 7.66. The van der Waals surface area contributed by atoms with Gasteiger partial charge in [-0.05, 0) is 36.6 Å². The summed E-state index contributed by atoms with van der Waals surface area (Å²) in [6.45, 7) is 0. The average Bonchev–Trinajstić information content (AvgIpc) is 2.76. The minimum atomic E-state index is -0.748. The Morgan fingerprint density at radius 1 is 1.50 bits per heavy atom. The monoisotopic (exact) mass is 216 g/mol. The molecule has 4 N–H and O–H groups in total. The Hall–Kier alpha value is -1.97. The van der Waals surface area contributed by atoms with Crippen molar-refractivity contribution in [1.29, 1.82) is 0 Å². The van der Waals surface area contributed by atoms with Gasteiger partial charge < -0.3 is 15.8 Å². The molecule has 3 rings (SSSR count). The van der Waals surface area contributed by atoms with Crippen LogP contribution in [0, 0.1) is 0 Å². The van der Waals surface area contributed by atoms with Crippen LogP contribution < -0.4 is 5.73 Å². The molecule has 1 aliphatic rings. The molecule has 1 heterocycles. The first kappa shape index (κ1) is 9.27. The molecule has 1 unspecified atom stereocenters. The molecular formula is C12H12N2O2. The minimum Gasteiger partial charge on any atom is -0.481 e. The van der Waals surface area contributed by atoms with Gasteiger partial charge in [0.15, 0.2) is 0 Å². The second-order valence-electron chi connectivity index (χ2n) is 4.25. The van der Waals surface area contributed by atoms with Gasteiger partial charge in [-0.2, -0.15) is 0 Å². The number of carboxylic acid groups (broad SMARTS) is 1. The van der Waals surface area contributed by atoms with E-state index in [0.717, 1.165) is 28.6 Å². The largest absolute Gasteiger partial charge is 0.481 e. The Kier molecular flexibility index (Phi) is 1.74. The first-order valence-corrected chi connectivity index (χ1v) is 5.29. The Morgan fingerprint density at radius 2 is 2.31 bits per heavy atom. The van der Waals surface area contributed by atoms with Crippen LogP contribution in [0.25, 0.3) is 10.9 Å². The number of fused-ring (bicyclic) bond motifs is 3. The fraction of sp³-hybridized carbons (Fsp3) is 0.250. The number of H-pyrrole nitrogens is 1. The quantitative estimate of drug-likeness (QED) is 0.636. The van der Waals surface area contributed by atoms with Crippen molar-refractivity contribution in [1.82, 2.24) is 4.98 Å². The number of hydrogen-bond acceptors (Lipinski definition) is 2. The first-order valence-electron chi connectivity index (χ1n) is 5.29. The number of aromatic amines is 1. The predicted octanol–water partition coefficient (Wildman–Crippen LogP) is 1.86. The Labute approximate surface area is 92.1 Å². The van der Waals surface area contributed by atoms with E-state index in [2.05, 4.69) is 4.98 Å². The lowest BCUT2D eigenvalue weighted by Crippen LogP contribution is -2.07. The molecule has 4 heteroatoms. The number of anilines is 1. The van der Waals surface area contributed by atoms with Gasteiger partial charge in [-0.25, -0.2) is 0 Å². The highest BCUT2D eigenvalue weighted by Crippen LogP contribution is 2.39. The van der Waals surface area contributed by atoms with Crippen LogP contribution in [-0.4, -0.2) is 16.1 Å². The van der Waals surface area contributed by atoms with Crippen molar-refractivity contribution in [2.75, 3.05) is 5.73 Å². The Morgan fingerprint density at radius 3 is 3.06 bits per heavy atom. The molecule has 0 saturated carbocycles. The molecule has 1 aromatic carbocycles. The summed E-state index contributed by atoms with van der Waals surface area (Å²) < 4.78 is 0. The van der Waals surface area contributed by atoms with E-state index in [0.29, 0.717) is 12.1 Å². The molecular weight excluding hydrogens is 204 g/mol. The summed E-state index contributed by atoms with van der Waals surface area (Å²) in [4.78, 5) is 14.4. The van der Waals surface area contributed by atoms with Crippen LogP contribution in [0.5, 0.6) is 0 Å². The molecule has 2 aromatic rings. The van der Waals surface area contributed by atoms with Crippen LogP contribution in [0.3, 0.4) is 0 Å². The molecule has 1 atom stereocenters. The van der Waals surface area contributed by atoms with E-state index >= 15 is 0 Å². The predicted molar refractivity (Wildman–Crippen MR) is 61.4 cm³/mol. The SMILES string of the molecule is Nc1ccc2[nH]c3c(c2c1)C(C(=O)O)CC3. The number of aliphatic carboxylic acids is 1. The number of nitrogens with two attached hydrogens (primary N) is 1. The number of carbonyl (C=O) groups is 1. The number of aromatic nitrogens is 1. The lowest BCUT2D eigenvalue weighted by Gasteiger charge is -2.04. The molecule has 1 aromatic heterocycles. The van der Waals surface area contributed by atoms with Gasteiger partial charge in [0.25, 0.3) is 0 Å². The van der Waals surface area contributed by atoms with Crippen molar-refractivity contribution in [2.24, 2.45) is 0 Å². The van der Waals surface area contributed by atoms with Crippen LogP contribution in [0.1, 0.15) is 23.6 Å². The number of nitrogen functional groups attached to an aromatic ring is 1. The van der Waals surface area contributed by atoms with E-state index in [1.165, 1.54) is 0 Å². The van der Waals surface area contributed by atoms with Crippen molar-refractivity contribution in [2.45, 2.75) is 18.8 Å². The fourth-order valence-corrected chi connectivity index (χ4v) is 2.56. The van der Waals surface area contributed by atoms with Crippen LogP contribution in [-0.2, 0) is 11.2 Å². The zero-order chi connectivity index (χ0) is 11.3. The van der Waals surface area contributed by atoms with Gasteiger partial charge in [0, 0.05) is 22.3 Å². The van der Waals surface area contributed by atoms with Gasteiger partial charge in [-0.15, -0.1) is 0 Å². The van der Waals surface area contributed by atoms with E-state index in [-0.39, 0.29) is 5.92 Å². The topological polar surface area (TPSA) is 79.1 Å². The van der Waals surface area contributed by atoms with Crippen LogP contribution in [0.15, 0.2) is 18.2 Å². The second-order valence-corrected chi connectivity index (χ2v) is 4.25. The number of carboxylic acids is 1. The van der Waals surface area contributed by atoms with Gasteiger partial charge in [-0.1, -0.05) is 0 Å². The second kappa shape index (κ2) is 3.01. The fourth-order valence-electron chi connectivity index (χ4n) is 2.56. The number of aryl methyl sites for hydroxylation is 1. The smallest absolute Gasteiger partial charge is 0.311 e. The standard InChI is InChI=1S/C12H12N2O2/c13-6-1-3-9-8(5-6)11-7(12(15)16)2-4-10(11)14-9/h1,3,5,7,14H,2,4,13H2,(H,15,16). The third-order valence-electron chi connectivity index (χ3n) is 3.27. The summed E-state index contributed by atoms with van der Waals surface area (Å²) in [5.41, 5.74) is 9.36. The number of benzene rings is 1. The Bertz CT molecular complexity index is 586. The molecule has 0 spiro atoms. The summed E-state index contributed by atoms with van der Waals surface area (Å²) >= 11 is 0. The van der Waals surface area contributed by atoms with Gasteiger partial charge >= 0.3 is 5.97 Å². The molecule has 1 aliphatic carbocycles. The van der Waals surface area contributed by atoms with E-state index in [9.17, 15) is 4.79 Å². The highest BCUT2D eigenvalue weighted by molar-refractivity contribution is 5.93. The summed E-state index contributed by atoms with van der Waals surface area (Å²) in [6, 6.07) is 5.58. The normalized spacial score (nSPS) is 18.9. The van der Waals surface area contributed by atoms with Crippen LogP contribution in [0.2, 0.25) is 0 Å². The summed E-state index contributed by atoms with van der Waals surface area (Å²) in [5, 5.41) is 10.1. The summed E-state index contributed by atoms with van der Waals surface area (Å²) in [7, 11) is 0. The average molecular weight is 216 g/mol. The van der Waals surface area contributed by atoms with E-state index in [1.807, 2.05) is 18.2 Å². The highest BCUT2D eigenvalue weighted by Gasteiger charge is 2.31. The molecule has 0 fully saturated rings. The molecule has 4 nitrogen and oxygen atoms in total. The lowest BCUT2D eigenvalue weighted by atomic mass is 10.0. The lowest BCUT2D eigenvalue weighted by molar-refractivity contribution is -0.138. The zero-order valence-corrected chi connectivity index (χ0v) is 8.66. The molecule has 0 aliphatic heterocycles. The van der Waals surface area contributed by atoms with E-state index in [1.54, 1.807) is 0 Å². The van der Waals surface area contributed by atoms with E-state index in [4.69, 9.17) is 10.8 Å². The van der Waals surface area contributed by atoms with Gasteiger partial charge in [-0.3, -0.25) is 4.79 Å². The van der Waals surface area contributed by atoms with Crippen molar-refractivity contribution in [3.05, 3.63) is 29.5 Å². The maximum atomic E-state index is 11.1. The van der Waals surface area contributed by atoms with Crippen molar-refractivity contribution < 1.29 is 9.90 Å². The number of rotatable bonds is 1. The minimum absolute atomic E-state index is 0.384. The van der Waals surface area contributed by atoms with Gasteiger partial charge in [0.1, 0.15) is 0 Å². The number of nitrogens with one attached hydrogen (secondary N) is 1. The van der Waals surface area contributed by atoms with E-state index < -0.39 is 5.97 Å². The highest BCUT2D eigenvalue weighted by atomic mass is 16.4. The molecule has 0 amide bonds. The molecule has 0 radical (unpaired) electrons. The molecule has 82 valence electrons. The maximum absolute atomic E-state index is 11.1. The van der Waals surface area contributed by atoms with Crippen molar-refractivity contribution >= 4 is 22.6 Å². The third kappa shape index (κ3) is 1.13. The van der Waals surface area contributed by atoms with Gasteiger partial charge in [0.05, 0.1) is 5.92 Å². The molecule has 0 saturated heterocycles. The van der Waals surface area contributed by atoms with Crippen LogP contribution in [0.4, 0.5) is 5.69 Å². The zero-order valence-electron chi connectivity index (χ0n) is 8.66. The molecule has 16 heavy (non-hydrogen) atoms. The van der Waals surface area contributed by atoms with Crippen molar-refractivity contribution in [3.8, 4) is 0 Å². The van der Waals surface area contributed by atoms with Gasteiger partial charge in [0.2, 0.25) is 0 Å².